The van der Waals surface area contributed by atoms with E-state index < -0.39 is 18.0 Å². The fourth-order valence-corrected chi connectivity index (χ4v) is 2.77. The predicted octanol–water partition coefficient (Wildman–Crippen LogP) is 2.39. The highest BCUT2D eigenvalue weighted by Crippen LogP contribution is 2.03. The molecule has 0 aliphatic carbocycles. The van der Waals surface area contributed by atoms with Gasteiger partial charge in [0, 0.05) is 57.4 Å². The van der Waals surface area contributed by atoms with E-state index in [-0.39, 0.29) is 24.7 Å². The molecule has 2 heterocycles. The third-order valence-electron chi connectivity index (χ3n) is 4.90. The Hall–Kier alpha value is -3.86. The zero-order valence-corrected chi connectivity index (χ0v) is 21.3. The molecule has 11 heteroatoms. The Balaban J connectivity index is 0.000000517. The Morgan fingerprint density at radius 1 is 0.806 bits per heavy atom. The standard InChI is InChI=1S/2C10H14N2O.C5H9NO4/c2*1-3-12(4-2)10(13)9-6-5-7-11-8-9;6-3(5(9)10)1-2-4(7)8/h2*5-8H,3-4H2,1-2H3;3H,1-2,6H2,(H,7,8)(H,9,10)/t;;3-/m..0/s1. The average molecular weight is 504 g/mol. The van der Waals surface area contributed by atoms with Gasteiger partial charge < -0.3 is 25.7 Å². The quantitative estimate of drug-likeness (QED) is 0.441. The number of nitrogens with zero attached hydrogens (tertiary/aromatic N) is 4. The molecule has 0 aliphatic rings. The number of aromatic nitrogens is 2. The number of nitrogens with two attached hydrogens (primary N) is 1. The van der Waals surface area contributed by atoms with Crippen LogP contribution in [0.4, 0.5) is 0 Å². The third-order valence-corrected chi connectivity index (χ3v) is 4.90. The molecule has 0 aliphatic heterocycles. The summed E-state index contributed by atoms with van der Waals surface area (Å²) >= 11 is 0. The van der Waals surface area contributed by atoms with Crippen molar-refractivity contribution in [2.24, 2.45) is 5.73 Å². The minimum atomic E-state index is -1.17. The van der Waals surface area contributed by atoms with E-state index in [1.807, 2.05) is 27.7 Å². The zero-order valence-electron chi connectivity index (χ0n) is 21.3. The molecule has 2 rings (SSSR count). The van der Waals surface area contributed by atoms with E-state index in [0.29, 0.717) is 11.1 Å². The number of carboxylic acid groups (broad SMARTS) is 2. The van der Waals surface area contributed by atoms with Crippen LogP contribution in [0.25, 0.3) is 0 Å². The highest BCUT2D eigenvalue weighted by Gasteiger charge is 2.13. The van der Waals surface area contributed by atoms with Crippen LogP contribution < -0.4 is 5.73 Å². The molecule has 0 unspecified atom stereocenters. The number of carboxylic acids is 2. The number of pyridine rings is 2. The lowest BCUT2D eigenvalue weighted by atomic mass is 10.2. The molecule has 0 bridgehead atoms. The number of amides is 2. The third kappa shape index (κ3) is 12.6. The average Bonchev–Trinajstić information content (AvgIpc) is 2.90. The van der Waals surface area contributed by atoms with Gasteiger partial charge in [0.05, 0.1) is 11.1 Å². The van der Waals surface area contributed by atoms with Crippen LogP contribution in [0.3, 0.4) is 0 Å². The van der Waals surface area contributed by atoms with E-state index in [9.17, 15) is 19.2 Å². The van der Waals surface area contributed by atoms with E-state index in [1.165, 1.54) is 0 Å². The molecular formula is C25H37N5O6. The molecule has 0 fully saturated rings. The fourth-order valence-electron chi connectivity index (χ4n) is 2.77. The van der Waals surface area contributed by atoms with Gasteiger partial charge in [-0.15, -0.1) is 0 Å². The van der Waals surface area contributed by atoms with Crippen molar-refractivity contribution in [1.29, 1.82) is 0 Å². The smallest absolute Gasteiger partial charge is 0.320 e. The molecule has 11 nitrogen and oxygen atoms in total. The molecule has 198 valence electrons. The van der Waals surface area contributed by atoms with Crippen molar-refractivity contribution in [2.75, 3.05) is 26.2 Å². The van der Waals surface area contributed by atoms with Gasteiger partial charge in [-0.2, -0.15) is 0 Å². The van der Waals surface area contributed by atoms with Crippen molar-refractivity contribution in [2.45, 2.75) is 46.6 Å². The first-order valence-corrected chi connectivity index (χ1v) is 11.7. The van der Waals surface area contributed by atoms with Gasteiger partial charge in [-0.05, 0) is 58.4 Å². The van der Waals surface area contributed by atoms with E-state index >= 15 is 0 Å². The molecule has 1 atom stereocenters. The van der Waals surface area contributed by atoms with Crippen LogP contribution in [0, 0.1) is 0 Å². The molecule has 0 aromatic carbocycles. The second-order valence-electron chi connectivity index (χ2n) is 7.32. The molecule has 36 heavy (non-hydrogen) atoms. The van der Waals surface area contributed by atoms with E-state index in [2.05, 4.69) is 9.97 Å². The van der Waals surface area contributed by atoms with Crippen LogP contribution in [0.1, 0.15) is 61.3 Å². The molecule has 0 spiro atoms. The van der Waals surface area contributed by atoms with Crippen LogP contribution in [0.5, 0.6) is 0 Å². The Kier molecular flexibility index (Phi) is 16.5. The normalized spacial score (nSPS) is 10.5. The lowest BCUT2D eigenvalue weighted by Crippen LogP contribution is -2.30. The van der Waals surface area contributed by atoms with Crippen molar-refractivity contribution in [3.05, 3.63) is 60.2 Å². The fraction of sp³-hybridized carbons (Fsp3) is 0.440. The maximum atomic E-state index is 11.7. The largest absolute Gasteiger partial charge is 0.481 e. The highest BCUT2D eigenvalue weighted by molar-refractivity contribution is 5.94. The highest BCUT2D eigenvalue weighted by atomic mass is 16.4. The summed E-state index contributed by atoms with van der Waals surface area (Å²) < 4.78 is 0. The summed E-state index contributed by atoms with van der Waals surface area (Å²) in [5.41, 5.74) is 6.32. The van der Waals surface area contributed by atoms with Gasteiger partial charge in [0.1, 0.15) is 6.04 Å². The molecule has 2 aromatic heterocycles. The molecule has 0 saturated carbocycles. The number of carbonyl (C=O) groups excluding carboxylic acids is 2. The van der Waals surface area contributed by atoms with Gasteiger partial charge in [-0.1, -0.05) is 0 Å². The van der Waals surface area contributed by atoms with Crippen molar-refractivity contribution >= 4 is 23.8 Å². The topological polar surface area (TPSA) is 167 Å². The summed E-state index contributed by atoms with van der Waals surface area (Å²) in [4.78, 5) is 54.6. The number of hydrogen-bond donors (Lipinski definition) is 3. The first-order chi connectivity index (χ1) is 17.1. The summed E-state index contributed by atoms with van der Waals surface area (Å²) in [6.45, 7) is 10.8. The summed E-state index contributed by atoms with van der Waals surface area (Å²) in [5, 5.41) is 16.3. The summed E-state index contributed by atoms with van der Waals surface area (Å²) in [7, 11) is 0. The first kappa shape index (κ1) is 32.1. The van der Waals surface area contributed by atoms with Gasteiger partial charge in [0.2, 0.25) is 0 Å². The minimum Gasteiger partial charge on any atom is -0.481 e. The zero-order chi connectivity index (χ0) is 27.5. The molecule has 2 amide bonds. The second-order valence-corrected chi connectivity index (χ2v) is 7.32. The van der Waals surface area contributed by atoms with Gasteiger partial charge >= 0.3 is 11.9 Å². The second kappa shape index (κ2) is 18.5. The van der Waals surface area contributed by atoms with Crippen LogP contribution in [0.15, 0.2) is 49.1 Å². The maximum absolute atomic E-state index is 11.7. The van der Waals surface area contributed by atoms with Crippen molar-refractivity contribution < 1.29 is 29.4 Å². The minimum absolute atomic E-state index is 0.0231. The molecule has 4 N–H and O–H groups in total. The molecular weight excluding hydrogens is 466 g/mol. The number of hydrogen-bond acceptors (Lipinski definition) is 7. The lowest BCUT2D eigenvalue weighted by Gasteiger charge is -2.17. The predicted molar refractivity (Wildman–Crippen MR) is 135 cm³/mol. The van der Waals surface area contributed by atoms with Crippen molar-refractivity contribution in [3.63, 3.8) is 0 Å². The summed E-state index contributed by atoms with van der Waals surface area (Å²) in [6, 6.07) is 6.06. The van der Waals surface area contributed by atoms with Gasteiger partial charge in [-0.3, -0.25) is 29.1 Å². The van der Waals surface area contributed by atoms with Crippen molar-refractivity contribution in [1.82, 2.24) is 19.8 Å². The molecule has 0 saturated heterocycles. The molecule has 2 aromatic rings. The van der Waals surface area contributed by atoms with Crippen LogP contribution >= 0.6 is 0 Å². The van der Waals surface area contributed by atoms with E-state index in [4.69, 9.17) is 15.9 Å². The Morgan fingerprint density at radius 3 is 1.44 bits per heavy atom. The first-order valence-electron chi connectivity index (χ1n) is 11.7. The number of rotatable bonds is 10. The SMILES string of the molecule is CCN(CC)C(=O)c1cccnc1.CCN(CC)C(=O)c1cccnc1.N[C@@H](CCC(=O)O)C(=O)O. The van der Waals surface area contributed by atoms with Gasteiger partial charge in [0.25, 0.3) is 11.8 Å². The maximum Gasteiger partial charge on any atom is 0.320 e. The lowest BCUT2D eigenvalue weighted by molar-refractivity contribution is -0.139. The Bertz CT molecular complexity index is 860. The monoisotopic (exact) mass is 503 g/mol. The summed E-state index contributed by atoms with van der Waals surface area (Å²) in [5.74, 6) is -2.09. The van der Waals surface area contributed by atoms with Crippen LogP contribution in [-0.4, -0.2) is 86.0 Å². The van der Waals surface area contributed by atoms with Gasteiger partial charge in [-0.25, -0.2) is 0 Å². The van der Waals surface area contributed by atoms with Gasteiger partial charge in [0.15, 0.2) is 0 Å². The summed E-state index contributed by atoms with van der Waals surface area (Å²) in [6.07, 6.45) is 6.30. The number of carbonyl (C=O) groups is 4. The number of aliphatic carboxylic acids is 2. The Labute approximate surface area is 212 Å². The molecule has 0 radical (unpaired) electrons. The van der Waals surface area contributed by atoms with E-state index in [0.717, 1.165) is 26.2 Å². The van der Waals surface area contributed by atoms with Crippen molar-refractivity contribution in [3.8, 4) is 0 Å². The van der Waals surface area contributed by atoms with Crippen LogP contribution in [-0.2, 0) is 9.59 Å². The van der Waals surface area contributed by atoms with Crippen LogP contribution in [0.2, 0.25) is 0 Å². The Morgan fingerprint density at radius 2 is 1.19 bits per heavy atom. The van der Waals surface area contributed by atoms with E-state index in [1.54, 1.807) is 58.9 Å².